The van der Waals surface area contributed by atoms with Gasteiger partial charge >= 0.3 is 0 Å². The van der Waals surface area contributed by atoms with Crippen LogP contribution in [0.2, 0.25) is 0 Å². The predicted octanol–water partition coefficient (Wildman–Crippen LogP) is 2.62. The smallest absolute Gasteiger partial charge is 0.0944 e. The van der Waals surface area contributed by atoms with Crippen molar-refractivity contribution in [3.63, 3.8) is 0 Å². The van der Waals surface area contributed by atoms with Crippen LogP contribution < -0.4 is 5.32 Å². The first-order valence-corrected chi connectivity index (χ1v) is 7.95. The van der Waals surface area contributed by atoms with Gasteiger partial charge in [0.2, 0.25) is 0 Å². The van der Waals surface area contributed by atoms with Crippen molar-refractivity contribution in [3.05, 3.63) is 15.6 Å². The highest BCUT2D eigenvalue weighted by molar-refractivity contribution is 7.11. The monoisotopic (exact) mass is 267 g/mol. The van der Waals surface area contributed by atoms with Crippen LogP contribution in [0.4, 0.5) is 0 Å². The lowest BCUT2D eigenvalue weighted by atomic mass is 10.2. The molecule has 1 saturated carbocycles. The maximum Gasteiger partial charge on any atom is 0.0944 e. The summed E-state index contributed by atoms with van der Waals surface area (Å²) in [6.07, 6.45) is 3.79. The molecule has 0 amide bonds. The molecule has 18 heavy (non-hydrogen) atoms. The van der Waals surface area contributed by atoms with Crippen LogP contribution in [0.25, 0.3) is 0 Å². The van der Waals surface area contributed by atoms with Gasteiger partial charge in [0.25, 0.3) is 0 Å². The van der Waals surface area contributed by atoms with Crippen LogP contribution in [-0.2, 0) is 13.0 Å². The maximum atomic E-state index is 4.88. The van der Waals surface area contributed by atoms with E-state index in [0.29, 0.717) is 0 Å². The van der Waals surface area contributed by atoms with Gasteiger partial charge in [0, 0.05) is 30.3 Å². The Morgan fingerprint density at radius 3 is 2.61 bits per heavy atom. The molecule has 0 atom stereocenters. The number of hydrogen-bond acceptors (Lipinski definition) is 4. The molecular weight excluding hydrogens is 242 g/mol. The van der Waals surface area contributed by atoms with Crippen molar-refractivity contribution in [2.24, 2.45) is 0 Å². The Morgan fingerprint density at radius 1 is 1.33 bits per heavy atom. The van der Waals surface area contributed by atoms with E-state index >= 15 is 0 Å². The van der Waals surface area contributed by atoms with E-state index in [2.05, 4.69) is 24.1 Å². The van der Waals surface area contributed by atoms with Crippen LogP contribution in [-0.4, -0.2) is 36.6 Å². The molecule has 1 heterocycles. The molecule has 1 aromatic rings. The molecule has 2 rings (SSSR count). The van der Waals surface area contributed by atoms with Crippen LogP contribution in [0.3, 0.4) is 0 Å². The zero-order valence-corrected chi connectivity index (χ0v) is 12.6. The largest absolute Gasteiger partial charge is 0.315 e. The van der Waals surface area contributed by atoms with E-state index in [1.165, 1.54) is 28.4 Å². The summed E-state index contributed by atoms with van der Waals surface area (Å²) in [7, 11) is 2.02. The van der Waals surface area contributed by atoms with Crippen molar-refractivity contribution in [2.75, 3.05) is 26.7 Å². The lowest BCUT2D eigenvalue weighted by Gasteiger charge is -2.16. The van der Waals surface area contributed by atoms with Gasteiger partial charge < -0.3 is 10.2 Å². The second-order valence-corrected chi connectivity index (χ2v) is 6.17. The first kappa shape index (κ1) is 14.0. The number of thiazole rings is 1. The Hall–Kier alpha value is -0.450. The number of nitrogens with one attached hydrogen (secondary N) is 1. The van der Waals surface area contributed by atoms with E-state index in [0.717, 1.165) is 38.5 Å². The Morgan fingerprint density at radius 2 is 2.06 bits per heavy atom. The van der Waals surface area contributed by atoms with Crippen molar-refractivity contribution < 1.29 is 0 Å². The second kappa shape index (κ2) is 6.64. The molecule has 0 spiro atoms. The quantitative estimate of drug-likeness (QED) is 0.785. The molecule has 0 saturated heterocycles. The highest BCUT2D eigenvalue weighted by atomic mass is 32.1. The average molecular weight is 267 g/mol. The molecular formula is C14H25N3S. The van der Waals surface area contributed by atoms with Crippen molar-refractivity contribution in [3.8, 4) is 0 Å². The number of nitrogens with zero attached hydrogens (tertiary/aromatic N) is 2. The molecule has 0 aromatic carbocycles. The van der Waals surface area contributed by atoms with Crippen LogP contribution in [0.1, 0.15) is 48.2 Å². The van der Waals surface area contributed by atoms with E-state index in [1.54, 1.807) is 0 Å². The van der Waals surface area contributed by atoms with Gasteiger partial charge in [-0.25, -0.2) is 4.98 Å². The summed E-state index contributed by atoms with van der Waals surface area (Å²) in [6, 6.07) is 0. The third-order valence-electron chi connectivity index (χ3n) is 3.61. The second-order valence-electron chi connectivity index (χ2n) is 5.00. The van der Waals surface area contributed by atoms with E-state index in [-0.39, 0.29) is 0 Å². The Balaban J connectivity index is 1.97. The van der Waals surface area contributed by atoms with Crippen LogP contribution in [0.5, 0.6) is 0 Å². The summed E-state index contributed by atoms with van der Waals surface area (Å²) in [4.78, 5) is 8.82. The topological polar surface area (TPSA) is 28.2 Å². The summed E-state index contributed by atoms with van der Waals surface area (Å²) in [5.41, 5.74) is 1.39. The highest BCUT2D eigenvalue weighted by Gasteiger charge is 2.29. The van der Waals surface area contributed by atoms with E-state index in [1.807, 2.05) is 18.4 Å². The highest BCUT2D eigenvalue weighted by Crippen LogP contribution is 2.42. The molecule has 1 aliphatic carbocycles. The summed E-state index contributed by atoms with van der Waals surface area (Å²) >= 11 is 1.92. The minimum atomic E-state index is 0.770. The zero-order chi connectivity index (χ0) is 13.0. The predicted molar refractivity (Wildman–Crippen MR) is 78.3 cm³/mol. The molecule has 0 aliphatic heterocycles. The van der Waals surface area contributed by atoms with Gasteiger partial charge in [-0.3, -0.25) is 0 Å². The molecule has 3 nitrogen and oxygen atoms in total. The molecule has 4 heteroatoms. The molecule has 102 valence electrons. The van der Waals surface area contributed by atoms with Crippen molar-refractivity contribution in [1.82, 2.24) is 15.2 Å². The van der Waals surface area contributed by atoms with Crippen LogP contribution in [0, 0.1) is 0 Å². The van der Waals surface area contributed by atoms with Gasteiger partial charge in [-0.2, -0.15) is 0 Å². The summed E-state index contributed by atoms with van der Waals surface area (Å²) < 4.78 is 0. The summed E-state index contributed by atoms with van der Waals surface area (Å²) in [5, 5.41) is 4.60. The molecule has 1 aliphatic rings. The Labute approximate surface area is 115 Å². The van der Waals surface area contributed by atoms with E-state index in [9.17, 15) is 0 Å². The van der Waals surface area contributed by atoms with Gasteiger partial charge in [0.15, 0.2) is 0 Å². The molecule has 0 radical (unpaired) electrons. The number of rotatable bonds is 8. The fraction of sp³-hybridized carbons (Fsp3) is 0.786. The first-order chi connectivity index (χ1) is 8.78. The Bertz CT molecular complexity index is 367. The maximum absolute atomic E-state index is 4.88. The lowest BCUT2D eigenvalue weighted by molar-refractivity contribution is 0.308. The van der Waals surface area contributed by atoms with Gasteiger partial charge in [-0.05, 0) is 33.0 Å². The summed E-state index contributed by atoms with van der Waals surface area (Å²) in [6.45, 7) is 8.86. The van der Waals surface area contributed by atoms with Gasteiger partial charge in [-0.1, -0.05) is 13.8 Å². The normalized spacial score (nSPS) is 15.6. The standard InChI is InChI=1S/C14H25N3S/c1-4-17(5-2)9-8-13-16-14(11-6-7-11)12(18-13)10-15-3/h11,15H,4-10H2,1-3H3. The third kappa shape index (κ3) is 3.53. The zero-order valence-electron chi connectivity index (χ0n) is 11.8. The van der Waals surface area contributed by atoms with Crippen LogP contribution >= 0.6 is 11.3 Å². The fourth-order valence-corrected chi connectivity index (χ4v) is 3.43. The van der Waals surface area contributed by atoms with E-state index in [4.69, 9.17) is 4.98 Å². The van der Waals surface area contributed by atoms with Crippen molar-refractivity contribution in [2.45, 2.75) is 45.6 Å². The van der Waals surface area contributed by atoms with E-state index < -0.39 is 0 Å². The van der Waals surface area contributed by atoms with Gasteiger partial charge in [0.05, 0.1) is 10.7 Å². The van der Waals surface area contributed by atoms with Crippen molar-refractivity contribution in [1.29, 1.82) is 0 Å². The number of likely N-dealkylation sites (N-methyl/N-ethyl adjacent to an activating group) is 1. The number of aromatic nitrogens is 1. The minimum Gasteiger partial charge on any atom is -0.315 e. The molecule has 1 aromatic heterocycles. The molecule has 0 bridgehead atoms. The molecule has 0 unspecified atom stereocenters. The Kier molecular flexibility index (Phi) is 5.15. The van der Waals surface area contributed by atoms with Crippen LogP contribution in [0.15, 0.2) is 0 Å². The molecule has 1 fully saturated rings. The summed E-state index contributed by atoms with van der Waals surface area (Å²) in [5.74, 6) is 0.770. The SMILES string of the molecule is CCN(CC)CCc1nc(C2CC2)c(CNC)s1. The van der Waals surface area contributed by atoms with Gasteiger partial charge in [0.1, 0.15) is 0 Å². The molecule has 1 N–H and O–H groups in total. The third-order valence-corrected chi connectivity index (χ3v) is 4.74. The minimum absolute atomic E-state index is 0.770. The fourth-order valence-electron chi connectivity index (χ4n) is 2.28. The first-order valence-electron chi connectivity index (χ1n) is 7.13. The average Bonchev–Trinajstić information content (AvgIpc) is 3.14. The van der Waals surface area contributed by atoms with Gasteiger partial charge in [-0.15, -0.1) is 11.3 Å². The van der Waals surface area contributed by atoms with Crippen molar-refractivity contribution >= 4 is 11.3 Å². The number of hydrogen-bond donors (Lipinski definition) is 1. The lowest BCUT2D eigenvalue weighted by Crippen LogP contribution is -2.25.